The molecule has 0 unspecified atom stereocenters. The molecule has 0 saturated heterocycles. The molecule has 4 aromatic rings. The second kappa shape index (κ2) is 10.5. The molecule has 0 atom stereocenters. The summed E-state index contributed by atoms with van der Waals surface area (Å²) < 4.78 is 12.1. The third-order valence-electron chi connectivity index (χ3n) is 5.39. The smallest absolute Gasteiger partial charge is 0.330 e. The molecule has 35 heavy (non-hydrogen) atoms. The van der Waals surface area contributed by atoms with E-state index in [1.54, 1.807) is 30.3 Å². The van der Waals surface area contributed by atoms with Gasteiger partial charge in [0.15, 0.2) is 11.4 Å². The number of nitrogens with zero attached hydrogens (tertiary/aromatic N) is 2. The Morgan fingerprint density at radius 3 is 2.51 bits per heavy atom. The van der Waals surface area contributed by atoms with E-state index in [0.717, 1.165) is 10.5 Å². The largest absolute Gasteiger partial charge is 0.451 e. The third-order valence-corrected chi connectivity index (χ3v) is 5.72. The summed E-state index contributed by atoms with van der Waals surface area (Å²) in [6.45, 7) is 0.216. The summed E-state index contributed by atoms with van der Waals surface area (Å²) in [7, 11) is 1.47. The molecule has 3 N–H and O–H groups in total. The van der Waals surface area contributed by atoms with Gasteiger partial charge in [-0.3, -0.25) is 24.0 Å². The van der Waals surface area contributed by atoms with Gasteiger partial charge in [-0.25, -0.2) is 4.79 Å². The van der Waals surface area contributed by atoms with Gasteiger partial charge in [-0.15, -0.1) is 0 Å². The summed E-state index contributed by atoms with van der Waals surface area (Å²) in [6.07, 6.45) is 0. The zero-order valence-corrected chi connectivity index (χ0v) is 19.6. The summed E-state index contributed by atoms with van der Waals surface area (Å²) >= 11 is 6.25. The molecule has 0 aliphatic rings. The molecule has 0 aliphatic carbocycles. The Morgan fingerprint density at radius 2 is 1.80 bits per heavy atom. The van der Waals surface area contributed by atoms with Gasteiger partial charge in [-0.2, -0.15) is 0 Å². The van der Waals surface area contributed by atoms with Crippen LogP contribution in [0.5, 0.6) is 0 Å². The van der Waals surface area contributed by atoms with Crippen molar-refractivity contribution >= 4 is 29.0 Å². The van der Waals surface area contributed by atoms with E-state index >= 15 is 0 Å². The fourth-order valence-corrected chi connectivity index (χ4v) is 3.88. The molecule has 0 fully saturated rings. The molecule has 0 bridgehead atoms. The normalized spacial score (nSPS) is 10.9. The predicted molar refractivity (Wildman–Crippen MR) is 134 cm³/mol. The van der Waals surface area contributed by atoms with Gasteiger partial charge in [0, 0.05) is 12.7 Å². The van der Waals surface area contributed by atoms with Gasteiger partial charge in [0.1, 0.15) is 11.6 Å². The van der Waals surface area contributed by atoms with Crippen LogP contribution in [-0.4, -0.2) is 35.7 Å². The number of hydrogen-bond donors (Lipinski definition) is 2. The lowest BCUT2D eigenvalue weighted by molar-refractivity contribution is 0.0949. The highest BCUT2D eigenvalue weighted by atomic mass is 35.5. The lowest BCUT2D eigenvalue weighted by Gasteiger charge is -2.23. The zero-order chi connectivity index (χ0) is 24.9. The number of nitrogen functional groups attached to an aromatic ring is 1. The van der Waals surface area contributed by atoms with Gasteiger partial charge in [0.05, 0.1) is 24.7 Å². The lowest BCUT2D eigenvalue weighted by Crippen LogP contribution is -2.42. The van der Waals surface area contributed by atoms with E-state index < -0.39 is 17.2 Å². The topological polar surface area (TPSA) is 124 Å². The number of halogens is 1. The first-order chi connectivity index (χ1) is 16.9. The molecule has 0 radical (unpaired) electrons. The predicted octanol–water partition coefficient (Wildman–Crippen LogP) is 3.37. The number of nitrogens with one attached hydrogen (secondary N) is 1. The van der Waals surface area contributed by atoms with Crippen LogP contribution in [0.1, 0.15) is 16.1 Å². The molecule has 1 amide bonds. The van der Waals surface area contributed by atoms with Gasteiger partial charge < -0.3 is 14.9 Å². The number of H-pyrrole nitrogens is 1. The second-order valence-corrected chi connectivity index (χ2v) is 8.07. The minimum Gasteiger partial charge on any atom is -0.451 e. The number of carbonyl (C=O) groups is 1. The molecule has 9 nitrogen and oxygen atoms in total. The van der Waals surface area contributed by atoms with Crippen LogP contribution in [0.4, 0.5) is 11.5 Å². The summed E-state index contributed by atoms with van der Waals surface area (Å²) in [5, 5.41) is 0.464. The Morgan fingerprint density at radius 1 is 1.09 bits per heavy atom. The highest BCUT2D eigenvalue weighted by Gasteiger charge is 2.27. The maximum absolute atomic E-state index is 13.5. The van der Waals surface area contributed by atoms with Gasteiger partial charge in [0.2, 0.25) is 0 Å². The molecule has 2 heterocycles. The molecule has 0 saturated carbocycles. The minimum atomic E-state index is -0.792. The van der Waals surface area contributed by atoms with Crippen molar-refractivity contribution < 1.29 is 13.9 Å². The Labute approximate surface area is 205 Å². The molecule has 2 aromatic heterocycles. The maximum Gasteiger partial charge on any atom is 0.330 e. The second-order valence-electron chi connectivity index (χ2n) is 7.66. The molecular weight excluding hydrogens is 472 g/mol. The standard InChI is InChI=1S/C25H23ClN4O5/c1-34-14-13-29(24(32)20-12-11-19(35-20)17-9-5-6-10-18(17)26)21-22(27)30(25(33)28-23(21)31)15-16-7-3-2-4-8-16/h2-12H,13-15,27H2,1H3,(H,28,31,33). The number of carbonyl (C=O) groups excluding carboxylic acids is 1. The number of amides is 1. The van der Waals surface area contributed by atoms with Crippen molar-refractivity contribution in [2.75, 3.05) is 30.9 Å². The maximum atomic E-state index is 13.5. The Bertz CT molecular complexity index is 1460. The van der Waals surface area contributed by atoms with Crippen molar-refractivity contribution in [3.8, 4) is 11.3 Å². The average Bonchev–Trinajstić information content (AvgIpc) is 3.34. The number of anilines is 2. The van der Waals surface area contributed by atoms with E-state index in [1.165, 1.54) is 17.7 Å². The summed E-state index contributed by atoms with van der Waals surface area (Å²) in [6, 6.07) is 19.3. The van der Waals surface area contributed by atoms with Gasteiger partial charge >= 0.3 is 5.69 Å². The van der Waals surface area contributed by atoms with Crippen molar-refractivity contribution in [2.45, 2.75) is 6.54 Å². The van der Waals surface area contributed by atoms with Gasteiger partial charge in [-0.1, -0.05) is 54.1 Å². The van der Waals surface area contributed by atoms with Crippen LogP contribution >= 0.6 is 11.6 Å². The van der Waals surface area contributed by atoms with Crippen LogP contribution in [0.15, 0.2) is 80.7 Å². The summed E-state index contributed by atoms with van der Waals surface area (Å²) in [5.41, 5.74) is 6.07. The number of nitrogens with two attached hydrogens (primary N) is 1. The highest BCUT2D eigenvalue weighted by molar-refractivity contribution is 6.33. The van der Waals surface area contributed by atoms with E-state index in [4.69, 9.17) is 26.5 Å². The fourth-order valence-electron chi connectivity index (χ4n) is 3.65. The SMILES string of the molecule is COCCN(C(=O)c1ccc(-c2ccccc2Cl)o1)c1c(N)n(Cc2ccccc2)c(=O)[nH]c1=O. The van der Waals surface area contributed by atoms with E-state index in [1.807, 2.05) is 30.3 Å². The number of aromatic nitrogens is 2. The number of ether oxygens (including phenoxy) is 1. The number of rotatable bonds is 8. The van der Waals surface area contributed by atoms with Crippen molar-refractivity contribution in [1.82, 2.24) is 9.55 Å². The molecule has 4 rings (SSSR count). The quantitative estimate of drug-likeness (QED) is 0.387. The van der Waals surface area contributed by atoms with Crippen LogP contribution in [0, 0.1) is 0 Å². The van der Waals surface area contributed by atoms with E-state index in [9.17, 15) is 14.4 Å². The lowest BCUT2D eigenvalue weighted by atomic mass is 10.2. The molecule has 0 spiro atoms. The average molecular weight is 495 g/mol. The minimum absolute atomic E-state index is 0.00567. The van der Waals surface area contributed by atoms with Crippen molar-refractivity contribution in [3.63, 3.8) is 0 Å². The molecule has 180 valence electrons. The highest BCUT2D eigenvalue weighted by Crippen LogP contribution is 2.30. The first-order valence-corrected chi connectivity index (χ1v) is 11.1. The summed E-state index contributed by atoms with van der Waals surface area (Å²) in [4.78, 5) is 42.3. The third kappa shape index (κ3) is 5.06. The fraction of sp³-hybridized carbons (Fsp3) is 0.160. The first-order valence-electron chi connectivity index (χ1n) is 10.7. The van der Waals surface area contributed by atoms with Crippen LogP contribution in [0.25, 0.3) is 11.3 Å². The van der Waals surface area contributed by atoms with Crippen LogP contribution in [0.2, 0.25) is 5.02 Å². The molecule has 10 heteroatoms. The number of furan rings is 1. The monoisotopic (exact) mass is 494 g/mol. The Hall–Kier alpha value is -4.08. The van der Waals surface area contributed by atoms with Gasteiger partial charge in [0.25, 0.3) is 11.5 Å². The molecular formula is C25H23ClN4O5. The van der Waals surface area contributed by atoms with E-state index in [0.29, 0.717) is 16.3 Å². The Balaban J connectivity index is 1.76. The van der Waals surface area contributed by atoms with Crippen LogP contribution < -0.4 is 21.9 Å². The van der Waals surface area contributed by atoms with Gasteiger partial charge in [-0.05, 0) is 29.8 Å². The first kappa shape index (κ1) is 24.1. The van der Waals surface area contributed by atoms with Crippen molar-refractivity contribution in [2.24, 2.45) is 0 Å². The Kier molecular flexibility index (Phi) is 7.19. The molecule has 2 aromatic carbocycles. The van der Waals surface area contributed by atoms with E-state index in [2.05, 4.69) is 4.98 Å². The number of aromatic amines is 1. The van der Waals surface area contributed by atoms with Crippen molar-refractivity contribution in [1.29, 1.82) is 0 Å². The van der Waals surface area contributed by atoms with Crippen LogP contribution in [-0.2, 0) is 11.3 Å². The number of benzene rings is 2. The number of methoxy groups -OCH3 is 1. The number of hydrogen-bond acceptors (Lipinski definition) is 6. The van der Waals surface area contributed by atoms with E-state index in [-0.39, 0.29) is 37.0 Å². The summed E-state index contributed by atoms with van der Waals surface area (Å²) in [5.74, 6) is -0.412. The van der Waals surface area contributed by atoms with Crippen LogP contribution in [0.3, 0.4) is 0 Å². The van der Waals surface area contributed by atoms with Crippen molar-refractivity contribution in [3.05, 3.63) is 104 Å². The zero-order valence-electron chi connectivity index (χ0n) is 18.9. The molecule has 0 aliphatic heterocycles.